The van der Waals surface area contributed by atoms with Crippen LogP contribution in [-0.2, 0) is 16.1 Å². The first-order valence-corrected chi connectivity index (χ1v) is 10.5. The SMILES string of the molecule is Cc1c(COC(=O)C2C(C=C3CCCC3)C2(C)C)cccc1-c1ccccc1. The molecular weight excluding hydrogens is 344 g/mol. The fourth-order valence-corrected chi connectivity index (χ4v) is 4.70. The van der Waals surface area contributed by atoms with Gasteiger partial charge >= 0.3 is 5.97 Å². The molecule has 4 rings (SSSR count). The number of hydrogen-bond donors (Lipinski definition) is 0. The molecule has 0 amide bonds. The maximum absolute atomic E-state index is 12.8. The molecule has 0 radical (unpaired) electrons. The minimum atomic E-state index is -0.0469. The third-order valence-electron chi connectivity index (χ3n) is 6.73. The van der Waals surface area contributed by atoms with Crippen molar-refractivity contribution in [1.82, 2.24) is 0 Å². The standard InChI is InChI=1S/C26H30O2/c1-18-21(14-9-15-22(18)20-12-5-4-6-13-20)17-28-25(27)24-23(26(24,2)3)16-19-10-7-8-11-19/h4-6,9,12-16,23-24H,7-8,10-11,17H2,1-3H3. The van der Waals surface area contributed by atoms with Crippen LogP contribution in [0.2, 0.25) is 0 Å². The molecule has 2 saturated carbocycles. The summed E-state index contributed by atoms with van der Waals surface area (Å²) in [6.45, 7) is 6.84. The minimum Gasteiger partial charge on any atom is -0.461 e. The van der Waals surface area contributed by atoms with Crippen molar-refractivity contribution in [2.24, 2.45) is 17.3 Å². The first kappa shape index (κ1) is 19.0. The summed E-state index contributed by atoms with van der Waals surface area (Å²) >= 11 is 0. The Labute approximate surface area is 168 Å². The molecule has 0 aliphatic heterocycles. The Bertz CT molecular complexity index is 884. The molecule has 0 spiro atoms. The molecule has 2 aliphatic carbocycles. The molecule has 2 unspecified atom stereocenters. The molecule has 2 nitrogen and oxygen atoms in total. The van der Waals surface area contributed by atoms with E-state index in [4.69, 9.17) is 4.74 Å². The van der Waals surface area contributed by atoms with Crippen molar-refractivity contribution in [1.29, 1.82) is 0 Å². The van der Waals surface area contributed by atoms with Crippen molar-refractivity contribution in [2.75, 3.05) is 0 Å². The molecule has 0 heterocycles. The van der Waals surface area contributed by atoms with Gasteiger partial charge < -0.3 is 4.74 Å². The third kappa shape index (κ3) is 3.65. The van der Waals surface area contributed by atoms with Gasteiger partial charge in [-0.05, 0) is 66.2 Å². The highest BCUT2D eigenvalue weighted by Gasteiger charge is 2.61. The number of hydrogen-bond acceptors (Lipinski definition) is 2. The van der Waals surface area contributed by atoms with Gasteiger partial charge in [-0.25, -0.2) is 0 Å². The Morgan fingerprint density at radius 3 is 2.50 bits per heavy atom. The van der Waals surface area contributed by atoms with Gasteiger partial charge in [0.05, 0.1) is 5.92 Å². The first-order chi connectivity index (χ1) is 13.5. The van der Waals surface area contributed by atoms with Gasteiger partial charge in [0, 0.05) is 0 Å². The lowest BCUT2D eigenvalue weighted by molar-refractivity contribution is -0.147. The van der Waals surface area contributed by atoms with Crippen molar-refractivity contribution in [3.63, 3.8) is 0 Å². The van der Waals surface area contributed by atoms with Crippen LogP contribution in [0.25, 0.3) is 11.1 Å². The molecule has 0 aromatic heterocycles. The zero-order valence-electron chi connectivity index (χ0n) is 17.2. The predicted molar refractivity (Wildman–Crippen MR) is 114 cm³/mol. The quantitative estimate of drug-likeness (QED) is 0.442. The van der Waals surface area contributed by atoms with Crippen molar-refractivity contribution in [3.05, 3.63) is 71.3 Å². The first-order valence-electron chi connectivity index (χ1n) is 10.5. The van der Waals surface area contributed by atoms with E-state index >= 15 is 0 Å². The van der Waals surface area contributed by atoms with Crippen LogP contribution in [-0.4, -0.2) is 5.97 Å². The van der Waals surface area contributed by atoms with Crippen LogP contribution in [0.15, 0.2) is 60.2 Å². The van der Waals surface area contributed by atoms with E-state index in [1.165, 1.54) is 42.4 Å². The van der Waals surface area contributed by atoms with E-state index in [1.54, 1.807) is 5.57 Å². The molecule has 0 N–H and O–H groups in total. The minimum absolute atomic E-state index is 0.00166. The molecule has 2 aromatic carbocycles. The Hall–Kier alpha value is -2.35. The number of ether oxygens (including phenoxy) is 1. The summed E-state index contributed by atoms with van der Waals surface area (Å²) in [7, 11) is 0. The summed E-state index contributed by atoms with van der Waals surface area (Å²) in [5.74, 6) is 0.289. The fraction of sp³-hybridized carbons (Fsp3) is 0.423. The highest BCUT2D eigenvalue weighted by Crippen LogP contribution is 2.60. The smallest absolute Gasteiger partial charge is 0.310 e. The highest BCUT2D eigenvalue weighted by atomic mass is 16.5. The summed E-state index contributed by atoms with van der Waals surface area (Å²) in [5, 5.41) is 0. The average molecular weight is 375 g/mol. The molecule has 146 valence electrons. The van der Waals surface area contributed by atoms with Crippen LogP contribution in [0, 0.1) is 24.2 Å². The molecular formula is C26H30O2. The Kier molecular flexibility index (Phi) is 5.14. The molecule has 2 aromatic rings. The summed E-state index contributed by atoms with van der Waals surface area (Å²) in [6, 6.07) is 16.6. The maximum atomic E-state index is 12.8. The molecule has 2 atom stereocenters. The lowest BCUT2D eigenvalue weighted by Gasteiger charge is -2.12. The number of carbonyl (C=O) groups is 1. The van der Waals surface area contributed by atoms with E-state index in [-0.39, 0.29) is 17.3 Å². The summed E-state index contributed by atoms with van der Waals surface area (Å²) in [5.41, 5.74) is 6.22. The van der Waals surface area contributed by atoms with Gasteiger partial charge in [0.15, 0.2) is 0 Å². The maximum Gasteiger partial charge on any atom is 0.310 e. The van der Waals surface area contributed by atoms with E-state index in [9.17, 15) is 4.79 Å². The van der Waals surface area contributed by atoms with Gasteiger partial charge in [-0.2, -0.15) is 0 Å². The number of esters is 1. The van der Waals surface area contributed by atoms with Gasteiger partial charge in [0.2, 0.25) is 0 Å². The second-order valence-corrected chi connectivity index (χ2v) is 8.92. The number of benzene rings is 2. The average Bonchev–Trinajstić information content (AvgIpc) is 3.01. The Morgan fingerprint density at radius 2 is 1.79 bits per heavy atom. The van der Waals surface area contributed by atoms with Crippen molar-refractivity contribution in [2.45, 2.75) is 53.1 Å². The van der Waals surface area contributed by atoms with Crippen LogP contribution < -0.4 is 0 Å². The number of rotatable bonds is 5. The van der Waals surface area contributed by atoms with Crippen LogP contribution in [0.4, 0.5) is 0 Å². The van der Waals surface area contributed by atoms with Crippen LogP contribution in [0.5, 0.6) is 0 Å². The van der Waals surface area contributed by atoms with Gasteiger partial charge in [-0.3, -0.25) is 4.79 Å². The number of carbonyl (C=O) groups excluding carboxylic acids is 1. The van der Waals surface area contributed by atoms with E-state index in [1.807, 2.05) is 12.1 Å². The van der Waals surface area contributed by atoms with Crippen molar-refractivity contribution < 1.29 is 9.53 Å². The second-order valence-electron chi connectivity index (χ2n) is 8.92. The molecule has 2 aliphatic rings. The van der Waals surface area contributed by atoms with Gasteiger partial charge in [0.1, 0.15) is 6.61 Å². The summed E-state index contributed by atoms with van der Waals surface area (Å²) < 4.78 is 5.79. The van der Waals surface area contributed by atoms with E-state index in [0.717, 1.165) is 5.56 Å². The molecule has 2 heteroatoms. The third-order valence-corrected chi connectivity index (χ3v) is 6.73. The van der Waals surface area contributed by atoms with Crippen LogP contribution in [0.1, 0.15) is 50.7 Å². The second kappa shape index (κ2) is 7.58. The normalized spacial score (nSPS) is 22.8. The molecule has 0 saturated heterocycles. The zero-order valence-corrected chi connectivity index (χ0v) is 17.2. The summed E-state index contributed by atoms with van der Waals surface area (Å²) in [6.07, 6.45) is 7.39. The molecule has 2 fully saturated rings. The highest BCUT2D eigenvalue weighted by molar-refractivity contribution is 5.78. The molecule has 0 bridgehead atoms. The zero-order chi connectivity index (χ0) is 19.7. The summed E-state index contributed by atoms with van der Waals surface area (Å²) in [4.78, 5) is 12.8. The van der Waals surface area contributed by atoms with Crippen LogP contribution in [0.3, 0.4) is 0 Å². The predicted octanol–water partition coefficient (Wildman–Crippen LogP) is 6.48. The lowest BCUT2D eigenvalue weighted by atomic mass is 9.97. The topological polar surface area (TPSA) is 26.3 Å². The van der Waals surface area contributed by atoms with Crippen molar-refractivity contribution in [3.8, 4) is 11.1 Å². The van der Waals surface area contributed by atoms with E-state index in [2.05, 4.69) is 63.2 Å². The van der Waals surface area contributed by atoms with E-state index < -0.39 is 0 Å². The van der Waals surface area contributed by atoms with Gasteiger partial charge in [-0.15, -0.1) is 0 Å². The van der Waals surface area contributed by atoms with Gasteiger partial charge in [0.25, 0.3) is 0 Å². The van der Waals surface area contributed by atoms with E-state index in [0.29, 0.717) is 12.5 Å². The number of allylic oxidation sites excluding steroid dienone is 2. The monoisotopic (exact) mass is 374 g/mol. The van der Waals surface area contributed by atoms with Crippen LogP contribution >= 0.6 is 0 Å². The van der Waals surface area contributed by atoms with Crippen molar-refractivity contribution >= 4 is 5.97 Å². The largest absolute Gasteiger partial charge is 0.461 e. The lowest BCUT2D eigenvalue weighted by Crippen LogP contribution is -2.11. The molecule has 28 heavy (non-hydrogen) atoms. The Balaban J connectivity index is 1.44. The van der Waals surface area contributed by atoms with Gasteiger partial charge in [-0.1, -0.05) is 74.0 Å². The fourth-order valence-electron chi connectivity index (χ4n) is 4.70. The Morgan fingerprint density at radius 1 is 1.07 bits per heavy atom.